The number of hydrogen-bond acceptors (Lipinski definition) is 3. The minimum atomic E-state index is 0.398. The molecule has 108 valence electrons. The van der Waals surface area contributed by atoms with Gasteiger partial charge in [-0.25, -0.2) is 0 Å². The van der Waals surface area contributed by atoms with E-state index in [4.69, 9.17) is 4.74 Å². The van der Waals surface area contributed by atoms with Crippen molar-refractivity contribution in [1.29, 1.82) is 0 Å². The Morgan fingerprint density at radius 1 is 1.33 bits per heavy atom. The zero-order valence-electron chi connectivity index (χ0n) is 12.8. The summed E-state index contributed by atoms with van der Waals surface area (Å²) in [7, 11) is 0. The van der Waals surface area contributed by atoms with Gasteiger partial charge in [0.2, 0.25) is 0 Å². The number of rotatable bonds is 8. The summed E-state index contributed by atoms with van der Waals surface area (Å²) in [4.78, 5) is 2.65. The standard InChI is InChI=1S/C15H32N2O/c1-5-8-15(4,12-16-7-3)13-17-9-10-18-11-14(17)6-2/h14,16H,5-13H2,1-4H3. The monoisotopic (exact) mass is 256 g/mol. The van der Waals surface area contributed by atoms with Crippen LogP contribution in [0.2, 0.25) is 0 Å². The smallest absolute Gasteiger partial charge is 0.0622 e. The Bertz CT molecular complexity index is 223. The Labute approximate surface area is 113 Å². The molecule has 0 aliphatic carbocycles. The maximum atomic E-state index is 5.60. The third-order valence-electron chi connectivity index (χ3n) is 4.06. The van der Waals surface area contributed by atoms with Crippen LogP contribution in [0.15, 0.2) is 0 Å². The highest BCUT2D eigenvalue weighted by Gasteiger charge is 2.30. The molecule has 1 N–H and O–H groups in total. The van der Waals surface area contributed by atoms with Gasteiger partial charge in [-0.1, -0.05) is 34.1 Å². The van der Waals surface area contributed by atoms with Crippen molar-refractivity contribution in [3.8, 4) is 0 Å². The molecule has 0 saturated carbocycles. The van der Waals surface area contributed by atoms with Gasteiger partial charge < -0.3 is 10.1 Å². The first kappa shape index (κ1) is 15.9. The maximum absolute atomic E-state index is 5.60. The molecule has 0 bridgehead atoms. The van der Waals surface area contributed by atoms with Crippen molar-refractivity contribution in [2.45, 2.75) is 53.0 Å². The lowest BCUT2D eigenvalue weighted by Gasteiger charge is -2.41. The predicted molar refractivity (Wildman–Crippen MR) is 78.0 cm³/mol. The first-order valence-electron chi connectivity index (χ1n) is 7.67. The molecule has 1 fully saturated rings. The van der Waals surface area contributed by atoms with E-state index in [-0.39, 0.29) is 0 Å². The number of nitrogens with zero attached hydrogens (tertiary/aromatic N) is 1. The van der Waals surface area contributed by atoms with Crippen molar-refractivity contribution in [3.63, 3.8) is 0 Å². The van der Waals surface area contributed by atoms with Gasteiger partial charge in [-0.2, -0.15) is 0 Å². The Balaban J connectivity index is 2.56. The molecule has 1 aliphatic heterocycles. The predicted octanol–water partition coefficient (Wildman–Crippen LogP) is 2.51. The molecule has 18 heavy (non-hydrogen) atoms. The maximum Gasteiger partial charge on any atom is 0.0622 e. The molecule has 0 amide bonds. The number of morpholine rings is 1. The Hall–Kier alpha value is -0.120. The van der Waals surface area contributed by atoms with Crippen molar-refractivity contribution >= 4 is 0 Å². The summed E-state index contributed by atoms with van der Waals surface area (Å²) in [5.74, 6) is 0. The van der Waals surface area contributed by atoms with Gasteiger partial charge >= 0.3 is 0 Å². The minimum absolute atomic E-state index is 0.398. The van der Waals surface area contributed by atoms with Gasteiger partial charge in [0.1, 0.15) is 0 Å². The fourth-order valence-electron chi connectivity index (χ4n) is 3.02. The molecule has 0 aromatic carbocycles. The first-order valence-corrected chi connectivity index (χ1v) is 7.67. The van der Waals surface area contributed by atoms with Crippen molar-refractivity contribution in [2.24, 2.45) is 5.41 Å². The van der Waals surface area contributed by atoms with Crippen LogP contribution in [0.1, 0.15) is 47.0 Å². The first-order chi connectivity index (χ1) is 8.65. The van der Waals surface area contributed by atoms with Crippen LogP contribution in [0.25, 0.3) is 0 Å². The van der Waals surface area contributed by atoms with E-state index in [2.05, 4.69) is 37.9 Å². The van der Waals surface area contributed by atoms with E-state index >= 15 is 0 Å². The molecule has 3 nitrogen and oxygen atoms in total. The number of hydrogen-bond donors (Lipinski definition) is 1. The highest BCUT2D eigenvalue weighted by atomic mass is 16.5. The van der Waals surface area contributed by atoms with E-state index in [9.17, 15) is 0 Å². The fraction of sp³-hybridized carbons (Fsp3) is 1.00. The quantitative estimate of drug-likeness (QED) is 0.722. The lowest BCUT2D eigenvalue weighted by Crippen LogP contribution is -2.51. The van der Waals surface area contributed by atoms with Crippen LogP contribution >= 0.6 is 0 Å². The van der Waals surface area contributed by atoms with Crippen LogP contribution in [-0.2, 0) is 4.74 Å². The summed E-state index contributed by atoms with van der Waals surface area (Å²) in [6, 6.07) is 0.622. The zero-order chi connectivity index (χ0) is 13.4. The van der Waals surface area contributed by atoms with Crippen LogP contribution in [0.3, 0.4) is 0 Å². The molecule has 2 atom stereocenters. The van der Waals surface area contributed by atoms with E-state index in [0.29, 0.717) is 11.5 Å². The molecule has 1 heterocycles. The largest absolute Gasteiger partial charge is 0.378 e. The van der Waals surface area contributed by atoms with E-state index < -0.39 is 0 Å². The van der Waals surface area contributed by atoms with E-state index in [1.54, 1.807) is 0 Å². The highest BCUT2D eigenvalue weighted by Crippen LogP contribution is 2.26. The SMILES string of the molecule is CCCC(C)(CNCC)CN1CCOCC1CC. The van der Waals surface area contributed by atoms with Crippen LogP contribution in [0, 0.1) is 5.41 Å². The molecular formula is C15H32N2O. The molecular weight excluding hydrogens is 224 g/mol. The van der Waals surface area contributed by atoms with Gasteiger partial charge in [-0.05, 0) is 24.8 Å². The number of ether oxygens (including phenoxy) is 1. The zero-order valence-corrected chi connectivity index (χ0v) is 12.8. The summed E-state index contributed by atoms with van der Waals surface area (Å²) in [6.07, 6.45) is 3.76. The topological polar surface area (TPSA) is 24.5 Å². The average molecular weight is 256 g/mol. The summed E-state index contributed by atoms with van der Waals surface area (Å²) < 4.78 is 5.60. The third-order valence-corrected chi connectivity index (χ3v) is 4.06. The summed E-state index contributed by atoms with van der Waals surface area (Å²) in [6.45, 7) is 15.5. The second-order valence-corrected chi connectivity index (χ2v) is 5.95. The summed E-state index contributed by atoms with van der Waals surface area (Å²) in [5.41, 5.74) is 0.398. The van der Waals surface area contributed by atoms with Gasteiger partial charge in [0, 0.05) is 25.7 Å². The molecule has 0 radical (unpaired) electrons. The van der Waals surface area contributed by atoms with Crippen molar-refractivity contribution in [2.75, 3.05) is 39.4 Å². The average Bonchev–Trinajstić information content (AvgIpc) is 2.37. The van der Waals surface area contributed by atoms with Gasteiger partial charge in [-0.3, -0.25) is 4.90 Å². The highest BCUT2D eigenvalue weighted by molar-refractivity contribution is 4.84. The van der Waals surface area contributed by atoms with Gasteiger partial charge in [0.05, 0.1) is 13.2 Å². The van der Waals surface area contributed by atoms with Crippen LogP contribution in [-0.4, -0.2) is 50.3 Å². The van der Waals surface area contributed by atoms with E-state index in [0.717, 1.165) is 32.8 Å². The fourth-order valence-corrected chi connectivity index (χ4v) is 3.02. The lowest BCUT2D eigenvalue weighted by molar-refractivity contribution is -0.0270. The van der Waals surface area contributed by atoms with E-state index in [1.807, 2.05) is 0 Å². The lowest BCUT2D eigenvalue weighted by atomic mass is 9.84. The van der Waals surface area contributed by atoms with Crippen LogP contribution in [0.5, 0.6) is 0 Å². The molecule has 1 saturated heterocycles. The summed E-state index contributed by atoms with van der Waals surface area (Å²) >= 11 is 0. The van der Waals surface area contributed by atoms with Crippen molar-refractivity contribution in [3.05, 3.63) is 0 Å². The second-order valence-electron chi connectivity index (χ2n) is 5.95. The Kier molecular flexibility index (Phi) is 7.20. The van der Waals surface area contributed by atoms with Gasteiger partial charge in [0.25, 0.3) is 0 Å². The normalized spacial score (nSPS) is 25.0. The number of nitrogens with one attached hydrogen (secondary N) is 1. The minimum Gasteiger partial charge on any atom is -0.378 e. The molecule has 3 heteroatoms. The third kappa shape index (κ3) is 4.87. The van der Waals surface area contributed by atoms with Gasteiger partial charge in [0.15, 0.2) is 0 Å². The summed E-state index contributed by atoms with van der Waals surface area (Å²) in [5, 5.41) is 3.54. The van der Waals surface area contributed by atoms with Crippen molar-refractivity contribution in [1.82, 2.24) is 10.2 Å². The molecule has 0 spiro atoms. The van der Waals surface area contributed by atoms with Gasteiger partial charge in [-0.15, -0.1) is 0 Å². The van der Waals surface area contributed by atoms with Crippen LogP contribution in [0.4, 0.5) is 0 Å². The molecule has 0 aromatic rings. The Morgan fingerprint density at radius 3 is 2.72 bits per heavy atom. The van der Waals surface area contributed by atoms with E-state index in [1.165, 1.54) is 25.8 Å². The molecule has 1 aliphatic rings. The van der Waals surface area contributed by atoms with Crippen LogP contribution < -0.4 is 5.32 Å². The molecule has 0 aromatic heterocycles. The molecule has 1 rings (SSSR count). The second kappa shape index (κ2) is 8.13. The van der Waals surface area contributed by atoms with Crippen molar-refractivity contribution < 1.29 is 4.74 Å². The molecule has 2 unspecified atom stereocenters. The Morgan fingerprint density at radius 2 is 2.11 bits per heavy atom.